The van der Waals surface area contributed by atoms with Gasteiger partial charge in [0.1, 0.15) is 5.75 Å². The number of para-hydroxylation sites is 1. The van der Waals surface area contributed by atoms with Crippen LogP contribution in [-0.4, -0.2) is 85.1 Å². The largest absolute Gasteiger partial charge is 0.496 e. The van der Waals surface area contributed by atoms with E-state index in [1.54, 1.807) is 7.11 Å². The lowest BCUT2D eigenvalue weighted by molar-refractivity contribution is -0.131. The average molecular weight is 537 g/mol. The van der Waals surface area contributed by atoms with Crippen molar-refractivity contribution in [1.29, 1.82) is 0 Å². The second kappa shape index (κ2) is 12.8. The van der Waals surface area contributed by atoms with Crippen LogP contribution >= 0.6 is 0 Å². The van der Waals surface area contributed by atoms with Gasteiger partial charge in [0, 0.05) is 63.3 Å². The third kappa shape index (κ3) is 6.97. The molecule has 0 radical (unpaired) electrons. The zero-order valence-electron chi connectivity index (χ0n) is 24.1. The third-order valence-electron chi connectivity index (χ3n) is 9.62. The molecular weight excluding hydrogens is 488 g/mol. The zero-order valence-corrected chi connectivity index (χ0v) is 24.1. The van der Waals surface area contributed by atoms with Gasteiger partial charge in [-0.25, -0.2) is 4.79 Å². The van der Waals surface area contributed by atoms with Crippen molar-refractivity contribution < 1.29 is 14.3 Å². The molecule has 4 bridgehead atoms. The summed E-state index contributed by atoms with van der Waals surface area (Å²) in [6.45, 7) is 7.51. The minimum absolute atomic E-state index is 0.0691. The van der Waals surface area contributed by atoms with E-state index >= 15 is 0 Å². The monoisotopic (exact) mass is 536 g/mol. The summed E-state index contributed by atoms with van der Waals surface area (Å²) in [6.07, 6.45) is 14.4. The van der Waals surface area contributed by atoms with Crippen LogP contribution in [0.5, 0.6) is 5.75 Å². The van der Waals surface area contributed by atoms with Crippen molar-refractivity contribution in [2.24, 2.45) is 17.8 Å². The van der Waals surface area contributed by atoms with Crippen LogP contribution in [0.2, 0.25) is 0 Å². The smallest absolute Gasteiger partial charge is 0.317 e. The van der Waals surface area contributed by atoms with Crippen LogP contribution in [0.15, 0.2) is 30.3 Å². The van der Waals surface area contributed by atoms with Crippen LogP contribution in [0.4, 0.5) is 4.79 Å². The highest BCUT2D eigenvalue weighted by Gasteiger charge is 2.51. The fraction of sp³-hybridized carbons (Fsp3) is 0.688. The number of hydrogen-bond donors (Lipinski definition) is 1. The number of carbonyl (C=O) groups is 2. The highest BCUT2D eigenvalue weighted by atomic mass is 16.5. The van der Waals surface area contributed by atoms with Crippen LogP contribution in [0.1, 0.15) is 70.3 Å². The van der Waals surface area contributed by atoms with Gasteiger partial charge in [0.15, 0.2) is 0 Å². The van der Waals surface area contributed by atoms with Crippen molar-refractivity contribution in [3.63, 3.8) is 0 Å². The van der Waals surface area contributed by atoms with E-state index in [2.05, 4.69) is 23.2 Å². The van der Waals surface area contributed by atoms with Crippen LogP contribution in [0.3, 0.4) is 0 Å². The summed E-state index contributed by atoms with van der Waals surface area (Å²) in [6, 6.07) is 8.08. The summed E-state index contributed by atoms with van der Waals surface area (Å²) in [5.74, 6) is 3.56. The Balaban J connectivity index is 1.09. The number of nitrogens with one attached hydrogen (secondary N) is 1. The lowest BCUT2D eigenvalue weighted by Crippen LogP contribution is -2.63. The van der Waals surface area contributed by atoms with Gasteiger partial charge in [-0.3, -0.25) is 9.69 Å². The minimum Gasteiger partial charge on any atom is -0.496 e. The van der Waals surface area contributed by atoms with Crippen LogP contribution in [0, 0.1) is 17.8 Å². The number of ether oxygens (including phenoxy) is 1. The number of benzene rings is 1. The number of unbranched alkanes of at least 4 members (excludes halogenated alkanes) is 1. The van der Waals surface area contributed by atoms with Gasteiger partial charge in [0.2, 0.25) is 5.91 Å². The van der Waals surface area contributed by atoms with Gasteiger partial charge in [0.05, 0.1) is 7.11 Å². The topological polar surface area (TPSA) is 65.1 Å². The Bertz CT molecular complexity index is 981. The van der Waals surface area contributed by atoms with E-state index in [-0.39, 0.29) is 17.5 Å². The summed E-state index contributed by atoms with van der Waals surface area (Å²) < 4.78 is 5.45. The third-order valence-corrected chi connectivity index (χ3v) is 9.62. The molecule has 0 unspecified atom stereocenters. The number of rotatable bonds is 11. The second-order valence-electron chi connectivity index (χ2n) is 12.5. The number of urea groups is 1. The summed E-state index contributed by atoms with van der Waals surface area (Å²) in [5.41, 5.74) is 1.09. The highest BCUT2D eigenvalue weighted by Crippen LogP contribution is 2.55. The molecule has 39 heavy (non-hydrogen) atoms. The number of carbonyl (C=O) groups excluding carboxylic acids is 2. The molecule has 4 saturated carbocycles. The Morgan fingerprint density at radius 2 is 1.72 bits per heavy atom. The summed E-state index contributed by atoms with van der Waals surface area (Å²) in [5, 5.41) is 3.54. The molecule has 4 aliphatic carbocycles. The van der Waals surface area contributed by atoms with Crippen LogP contribution in [-0.2, 0) is 4.79 Å². The van der Waals surface area contributed by atoms with Crippen molar-refractivity contribution in [3.8, 4) is 5.75 Å². The van der Waals surface area contributed by atoms with Crippen molar-refractivity contribution in [3.05, 3.63) is 35.9 Å². The van der Waals surface area contributed by atoms with Crippen molar-refractivity contribution >= 4 is 18.0 Å². The Labute approximate surface area is 234 Å². The molecule has 0 aromatic heterocycles. The molecule has 1 aliphatic heterocycles. The van der Waals surface area contributed by atoms with E-state index in [1.165, 1.54) is 38.5 Å². The number of hydrogen-bond acceptors (Lipinski definition) is 4. The zero-order chi connectivity index (χ0) is 27.2. The van der Waals surface area contributed by atoms with Gasteiger partial charge in [-0.2, -0.15) is 0 Å². The molecule has 6 rings (SSSR count). The Hall–Kier alpha value is -2.54. The van der Waals surface area contributed by atoms with E-state index in [0.717, 1.165) is 74.6 Å². The van der Waals surface area contributed by atoms with E-state index < -0.39 is 0 Å². The number of nitrogens with zero attached hydrogens (tertiary/aromatic N) is 3. The predicted molar refractivity (Wildman–Crippen MR) is 156 cm³/mol. The van der Waals surface area contributed by atoms with Crippen molar-refractivity contribution in [1.82, 2.24) is 20.0 Å². The molecule has 1 N–H and O–H groups in total. The highest BCUT2D eigenvalue weighted by molar-refractivity contribution is 5.76. The Kier molecular flexibility index (Phi) is 9.16. The second-order valence-corrected chi connectivity index (χ2v) is 12.5. The molecule has 0 atom stereocenters. The van der Waals surface area contributed by atoms with Crippen molar-refractivity contribution in [2.75, 3.05) is 52.9 Å². The first kappa shape index (κ1) is 28.0. The molecule has 0 spiro atoms. The molecule has 3 amide bonds. The average Bonchev–Trinajstić information content (AvgIpc) is 2.93. The van der Waals surface area contributed by atoms with E-state index in [9.17, 15) is 9.59 Å². The molecule has 1 heterocycles. The van der Waals surface area contributed by atoms with E-state index in [0.29, 0.717) is 19.5 Å². The first-order valence-corrected chi connectivity index (χ1v) is 15.3. The van der Waals surface area contributed by atoms with Crippen LogP contribution < -0.4 is 10.1 Å². The summed E-state index contributed by atoms with van der Waals surface area (Å²) in [7, 11) is 1.68. The predicted octanol–water partition coefficient (Wildman–Crippen LogP) is 5.02. The first-order valence-electron chi connectivity index (χ1n) is 15.3. The van der Waals surface area contributed by atoms with E-state index in [1.807, 2.05) is 40.1 Å². The fourth-order valence-corrected chi connectivity index (χ4v) is 7.92. The Morgan fingerprint density at radius 1 is 1.05 bits per heavy atom. The van der Waals surface area contributed by atoms with Crippen molar-refractivity contribution in [2.45, 2.75) is 70.3 Å². The molecule has 5 fully saturated rings. The van der Waals surface area contributed by atoms with E-state index in [4.69, 9.17) is 4.74 Å². The van der Waals surface area contributed by atoms with Gasteiger partial charge < -0.3 is 19.9 Å². The molecule has 7 nitrogen and oxygen atoms in total. The molecule has 5 aliphatic rings. The molecule has 214 valence electrons. The van der Waals surface area contributed by atoms with Crippen LogP contribution in [0.25, 0.3) is 6.08 Å². The molecule has 1 saturated heterocycles. The van der Waals surface area contributed by atoms with Gasteiger partial charge >= 0.3 is 6.03 Å². The maximum absolute atomic E-state index is 13.3. The molecular formula is C32H48N4O3. The van der Waals surface area contributed by atoms with Gasteiger partial charge in [0.25, 0.3) is 0 Å². The minimum atomic E-state index is 0.0691. The fourth-order valence-electron chi connectivity index (χ4n) is 7.92. The molecule has 7 heteroatoms. The lowest BCUT2D eigenvalue weighted by Gasteiger charge is -2.57. The SMILES string of the molecule is CCCCC(=O)N(C/C=C/c1ccccc1OC)CCN1CCN(C(=O)NC23CC4CC(CC(C4)C2)C3)CC1. The lowest BCUT2D eigenvalue weighted by atomic mass is 9.53. The molecule has 1 aromatic rings. The number of piperazine rings is 1. The maximum atomic E-state index is 13.3. The van der Waals surface area contributed by atoms with Gasteiger partial charge in [-0.1, -0.05) is 43.7 Å². The number of methoxy groups -OCH3 is 1. The first-order chi connectivity index (χ1) is 19.0. The maximum Gasteiger partial charge on any atom is 0.317 e. The Morgan fingerprint density at radius 3 is 2.36 bits per heavy atom. The molecule has 1 aromatic carbocycles. The quantitative estimate of drug-likeness (QED) is 0.431. The standard InChI is InChI=1S/C32H48N4O3/c1-3-4-11-30(37)35(12-7-9-28-8-5-6-10-29(28)39-2)16-13-34-14-17-36(18-15-34)31(38)33-32-22-25-19-26(23-32)21-27(20-25)24-32/h5-10,25-27H,3-4,11-24H2,1-2H3,(H,33,38)/b9-7+. The van der Waals surface area contributed by atoms with Gasteiger partial charge in [-0.15, -0.1) is 0 Å². The normalized spacial score (nSPS) is 28.2. The summed E-state index contributed by atoms with van der Waals surface area (Å²) in [4.78, 5) is 32.6. The summed E-state index contributed by atoms with van der Waals surface area (Å²) >= 11 is 0. The van der Waals surface area contributed by atoms with Gasteiger partial charge in [-0.05, 0) is 68.8 Å². The number of amides is 3.